The molecule has 0 saturated carbocycles. The van der Waals surface area contributed by atoms with Crippen LogP contribution in [0.2, 0.25) is 0 Å². The molecule has 1 aliphatic rings. The first kappa shape index (κ1) is 17.3. The maximum Gasteiger partial charge on any atom is 0.123 e. The van der Waals surface area contributed by atoms with E-state index < -0.39 is 11.0 Å². The number of nitrogens with zero attached hydrogens (tertiary/aromatic N) is 1. The SMILES string of the molecule is C=C/C(=C\C=C(/C)S(=O)N1CCCC(OC)C1)C(C)C. The normalized spacial score (nSPS) is 23.9. The van der Waals surface area contributed by atoms with E-state index in [-0.39, 0.29) is 6.10 Å². The average Bonchev–Trinajstić information content (AvgIpc) is 2.46. The van der Waals surface area contributed by atoms with Crippen LogP contribution in [-0.4, -0.2) is 34.8 Å². The molecule has 0 spiro atoms. The van der Waals surface area contributed by atoms with E-state index in [1.165, 1.54) is 0 Å². The summed E-state index contributed by atoms with van der Waals surface area (Å²) in [5.74, 6) is 0.429. The molecule has 1 heterocycles. The van der Waals surface area contributed by atoms with Gasteiger partial charge < -0.3 is 4.74 Å². The van der Waals surface area contributed by atoms with E-state index in [1.54, 1.807) is 7.11 Å². The smallest absolute Gasteiger partial charge is 0.123 e. The highest BCUT2D eigenvalue weighted by Crippen LogP contribution is 2.18. The summed E-state index contributed by atoms with van der Waals surface area (Å²) in [5.41, 5.74) is 1.16. The molecule has 0 N–H and O–H groups in total. The lowest BCUT2D eigenvalue weighted by molar-refractivity contribution is 0.0588. The Balaban J connectivity index is 2.73. The Morgan fingerprint density at radius 1 is 1.45 bits per heavy atom. The molecular weight excluding hydrogens is 270 g/mol. The lowest BCUT2D eigenvalue weighted by Crippen LogP contribution is -2.40. The zero-order chi connectivity index (χ0) is 15.1. The third-order valence-electron chi connectivity index (χ3n) is 3.60. The van der Waals surface area contributed by atoms with Gasteiger partial charge in [0.25, 0.3) is 0 Å². The van der Waals surface area contributed by atoms with Crippen molar-refractivity contribution in [3.05, 3.63) is 35.3 Å². The molecule has 0 radical (unpaired) electrons. The standard InChI is InChI=1S/C16H27NO2S/c1-6-15(13(2)3)10-9-14(4)20(18)17-11-7-8-16(12-17)19-5/h6,9-10,13,16H,1,7-8,11-12H2,2-5H3/b14-9+,15-10+. The quantitative estimate of drug-likeness (QED) is 0.703. The lowest BCUT2D eigenvalue weighted by Gasteiger charge is -2.30. The van der Waals surface area contributed by atoms with Crippen LogP contribution in [0.3, 0.4) is 0 Å². The van der Waals surface area contributed by atoms with Crippen LogP contribution in [0.15, 0.2) is 35.3 Å². The van der Waals surface area contributed by atoms with Gasteiger partial charge in [0, 0.05) is 25.1 Å². The number of ether oxygens (including phenoxy) is 1. The van der Waals surface area contributed by atoms with Crippen molar-refractivity contribution >= 4 is 11.0 Å². The molecule has 0 aliphatic carbocycles. The topological polar surface area (TPSA) is 29.5 Å². The zero-order valence-electron chi connectivity index (χ0n) is 13.1. The van der Waals surface area contributed by atoms with Crippen LogP contribution in [-0.2, 0) is 15.7 Å². The predicted octanol–water partition coefficient (Wildman–Crippen LogP) is 3.43. The second-order valence-electron chi connectivity index (χ2n) is 5.44. The molecule has 0 bridgehead atoms. The van der Waals surface area contributed by atoms with Crippen LogP contribution in [0.1, 0.15) is 33.6 Å². The third-order valence-corrected chi connectivity index (χ3v) is 5.08. The van der Waals surface area contributed by atoms with Gasteiger partial charge >= 0.3 is 0 Å². The molecule has 2 atom stereocenters. The second-order valence-corrected chi connectivity index (χ2v) is 7.10. The molecule has 0 aromatic carbocycles. The fourth-order valence-electron chi connectivity index (χ4n) is 2.22. The van der Waals surface area contributed by atoms with Gasteiger partial charge in [-0.25, -0.2) is 8.51 Å². The van der Waals surface area contributed by atoms with Gasteiger partial charge in [0.05, 0.1) is 6.10 Å². The maximum absolute atomic E-state index is 12.5. The molecule has 4 heteroatoms. The fraction of sp³-hybridized carbons (Fsp3) is 0.625. The van der Waals surface area contributed by atoms with Crippen molar-refractivity contribution in [2.45, 2.75) is 39.7 Å². The van der Waals surface area contributed by atoms with Crippen molar-refractivity contribution in [1.29, 1.82) is 0 Å². The van der Waals surface area contributed by atoms with E-state index in [0.717, 1.165) is 36.4 Å². The Bertz CT molecular complexity index is 413. The zero-order valence-corrected chi connectivity index (χ0v) is 13.9. The first-order valence-corrected chi connectivity index (χ1v) is 8.30. The Hall–Kier alpha value is -0.710. The van der Waals surface area contributed by atoms with Crippen molar-refractivity contribution in [2.75, 3.05) is 20.2 Å². The van der Waals surface area contributed by atoms with Gasteiger partial charge in [0.15, 0.2) is 0 Å². The average molecular weight is 297 g/mol. The molecule has 3 nitrogen and oxygen atoms in total. The van der Waals surface area contributed by atoms with E-state index in [2.05, 4.69) is 20.4 Å². The molecule has 114 valence electrons. The number of hydrogen-bond acceptors (Lipinski definition) is 2. The van der Waals surface area contributed by atoms with Crippen LogP contribution in [0.5, 0.6) is 0 Å². The molecule has 20 heavy (non-hydrogen) atoms. The van der Waals surface area contributed by atoms with Gasteiger partial charge in [-0.15, -0.1) is 0 Å². The molecule has 1 aliphatic heterocycles. The van der Waals surface area contributed by atoms with Crippen LogP contribution in [0.4, 0.5) is 0 Å². The number of rotatable bonds is 6. The molecule has 1 rings (SSSR count). The molecule has 2 unspecified atom stereocenters. The van der Waals surface area contributed by atoms with Crippen molar-refractivity contribution < 1.29 is 8.95 Å². The van der Waals surface area contributed by atoms with Gasteiger partial charge in [-0.05, 0) is 37.3 Å². The summed E-state index contributed by atoms with van der Waals surface area (Å²) in [7, 11) is 0.654. The minimum absolute atomic E-state index is 0.204. The minimum Gasteiger partial charge on any atom is -0.380 e. The highest BCUT2D eigenvalue weighted by molar-refractivity contribution is 7.86. The number of hydrogen-bond donors (Lipinski definition) is 0. The summed E-state index contributed by atoms with van der Waals surface area (Å²) in [4.78, 5) is 0.877. The van der Waals surface area contributed by atoms with E-state index in [4.69, 9.17) is 4.74 Å². The summed E-state index contributed by atoms with van der Waals surface area (Å²) in [6, 6.07) is 0. The fourth-order valence-corrected chi connectivity index (χ4v) is 3.41. The van der Waals surface area contributed by atoms with Gasteiger partial charge in [0.1, 0.15) is 11.0 Å². The van der Waals surface area contributed by atoms with Crippen molar-refractivity contribution in [2.24, 2.45) is 5.92 Å². The summed E-state index contributed by atoms with van der Waals surface area (Å²) in [6.07, 6.45) is 8.12. The number of piperidine rings is 1. The Morgan fingerprint density at radius 3 is 2.70 bits per heavy atom. The molecule has 0 aromatic rings. The van der Waals surface area contributed by atoms with E-state index in [9.17, 15) is 4.21 Å². The number of allylic oxidation sites excluding steroid dienone is 5. The van der Waals surface area contributed by atoms with E-state index in [0.29, 0.717) is 5.92 Å². The molecule has 1 fully saturated rings. The Kier molecular flexibility index (Phi) is 7.41. The van der Waals surface area contributed by atoms with E-state index >= 15 is 0 Å². The minimum atomic E-state index is -1.07. The second kappa shape index (κ2) is 8.55. The van der Waals surface area contributed by atoms with E-state index in [1.807, 2.05) is 29.5 Å². The first-order valence-electron chi connectivity index (χ1n) is 7.20. The van der Waals surface area contributed by atoms with Crippen molar-refractivity contribution in [3.63, 3.8) is 0 Å². The van der Waals surface area contributed by atoms with Crippen molar-refractivity contribution in [3.8, 4) is 0 Å². The van der Waals surface area contributed by atoms with Gasteiger partial charge in [-0.3, -0.25) is 0 Å². The summed E-state index contributed by atoms with van der Waals surface area (Å²) in [6.45, 7) is 11.6. The molecular formula is C16H27NO2S. The summed E-state index contributed by atoms with van der Waals surface area (Å²) >= 11 is 0. The molecule has 1 saturated heterocycles. The monoisotopic (exact) mass is 297 g/mol. The number of methoxy groups -OCH3 is 1. The summed E-state index contributed by atoms with van der Waals surface area (Å²) in [5, 5.41) is 0. The first-order chi connectivity index (χ1) is 9.49. The van der Waals surface area contributed by atoms with Crippen LogP contribution < -0.4 is 0 Å². The van der Waals surface area contributed by atoms with Gasteiger partial charge in [-0.2, -0.15) is 0 Å². The molecule has 0 aromatic heterocycles. The van der Waals surface area contributed by atoms with Crippen LogP contribution in [0, 0.1) is 5.92 Å². The third kappa shape index (κ3) is 5.00. The van der Waals surface area contributed by atoms with Gasteiger partial charge in [-0.1, -0.05) is 32.6 Å². The predicted molar refractivity (Wildman–Crippen MR) is 86.6 cm³/mol. The Labute approximate surface area is 126 Å². The maximum atomic E-state index is 12.5. The highest BCUT2D eigenvalue weighted by atomic mass is 32.2. The van der Waals surface area contributed by atoms with Crippen LogP contribution >= 0.6 is 0 Å². The molecule has 0 amide bonds. The van der Waals surface area contributed by atoms with Crippen LogP contribution in [0.25, 0.3) is 0 Å². The summed E-state index contributed by atoms with van der Waals surface area (Å²) < 4.78 is 19.9. The van der Waals surface area contributed by atoms with Crippen molar-refractivity contribution in [1.82, 2.24) is 4.31 Å². The lowest BCUT2D eigenvalue weighted by atomic mass is 10.0. The highest BCUT2D eigenvalue weighted by Gasteiger charge is 2.23. The van der Waals surface area contributed by atoms with Gasteiger partial charge in [0.2, 0.25) is 0 Å². The Morgan fingerprint density at radius 2 is 2.15 bits per heavy atom. The largest absolute Gasteiger partial charge is 0.380 e.